The summed E-state index contributed by atoms with van der Waals surface area (Å²) in [5.74, 6) is 0.154. The Bertz CT molecular complexity index is 1110. The fourth-order valence-corrected chi connectivity index (χ4v) is 2.94. The van der Waals surface area contributed by atoms with Crippen LogP contribution in [0.5, 0.6) is 11.5 Å². The Hall–Kier alpha value is -3.73. The summed E-state index contributed by atoms with van der Waals surface area (Å²) in [4.78, 5) is 24.7. The Labute approximate surface area is 167 Å². The first-order chi connectivity index (χ1) is 14.0. The Balaban J connectivity index is 1.46. The van der Waals surface area contributed by atoms with Crippen LogP contribution in [0.25, 0.3) is 6.08 Å². The van der Waals surface area contributed by atoms with Crippen LogP contribution in [0.1, 0.15) is 31.8 Å². The third kappa shape index (κ3) is 4.09. The molecule has 0 bridgehead atoms. The van der Waals surface area contributed by atoms with Crippen LogP contribution in [-0.2, 0) is 0 Å². The Morgan fingerprint density at radius 3 is 2.48 bits per heavy atom. The number of ketones is 2. The van der Waals surface area contributed by atoms with E-state index < -0.39 is 5.82 Å². The van der Waals surface area contributed by atoms with Gasteiger partial charge in [-0.1, -0.05) is 29.8 Å². The van der Waals surface area contributed by atoms with Gasteiger partial charge in [-0.05, 0) is 55.0 Å². The predicted molar refractivity (Wildman–Crippen MR) is 107 cm³/mol. The molecular weight excluding hydrogens is 371 g/mol. The van der Waals surface area contributed by atoms with Crippen molar-refractivity contribution < 1.29 is 23.5 Å². The minimum atomic E-state index is -0.405. The first-order valence-electron chi connectivity index (χ1n) is 9.06. The highest BCUT2D eigenvalue weighted by molar-refractivity contribution is 6.14. The van der Waals surface area contributed by atoms with Crippen molar-refractivity contribution in [2.75, 3.05) is 6.61 Å². The number of ether oxygens (including phenoxy) is 2. The Morgan fingerprint density at radius 2 is 1.76 bits per heavy atom. The molecule has 4 rings (SSSR count). The van der Waals surface area contributed by atoms with Gasteiger partial charge in [0.15, 0.2) is 18.1 Å². The summed E-state index contributed by atoms with van der Waals surface area (Å²) in [5.41, 5.74) is 2.81. The molecule has 0 aliphatic carbocycles. The molecule has 144 valence electrons. The molecule has 3 aromatic rings. The van der Waals surface area contributed by atoms with Gasteiger partial charge in [-0.15, -0.1) is 0 Å². The monoisotopic (exact) mass is 388 g/mol. The zero-order valence-corrected chi connectivity index (χ0v) is 15.6. The van der Waals surface area contributed by atoms with Crippen LogP contribution in [0.2, 0.25) is 0 Å². The van der Waals surface area contributed by atoms with E-state index in [1.165, 1.54) is 24.3 Å². The highest BCUT2D eigenvalue weighted by Crippen LogP contribution is 2.35. The quantitative estimate of drug-likeness (QED) is 0.455. The van der Waals surface area contributed by atoms with E-state index in [1.807, 2.05) is 31.2 Å². The lowest BCUT2D eigenvalue weighted by Gasteiger charge is -2.07. The average molecular weight is 388 g/mol. The molecule has 1 aliphatic rings. The molecule has 0 atom stereocenters. The summed E-state index contributed by atoms with van der Waals surface area (Å²) in [6.45, 7) is 1.79. The van der Waals surface area contributed by atoms with Crippen molar-refractivity contribution in [3.8, 4) is 11.5 Å². The fourth-order valence-electron chi connectivity index (χ4n) is 2.94. The number of fused-ring (bicyclic) bond motifs is 1. The number of halogens is 1. The van der Waals surface area contributed by atoms with E-state index in [9.17, 15) is 14.0 Å². The molecule has 0 fully saturated rings. The first-order valence-corrected chi connectivity index (χ1v) is 9.06. The number of benzene rings is 3. The van der Waals surface area contributed by atoms with Crippen LogP contribution >= 0.6 is 0 Å². The van der Waals surface area contributed by atoms with E-state index >= 15 is 0 Å². The summed E-state index contributed by atoms with van der Waals surface area (Å²) in [6.07, 6.45) is 1.69. The van der Waals surface area contributed by atoms with Gasteiger partial charge in [-0.25, -0.2) is 4.39 Å². The van der Waals surface area contributed by atoms with Crippen molar-refractivity contribution in [2.24, 2.45) is 0 Å². The van der Waals surface area contributed by atoms with Crippen molar-refractivity contribution in [1.82, 2.24) is 0 Å². The lowest BCUT2D eigenvalue weighted by molar-refractivity contribution is 0.0920. The van der Waals surface area contributed by atoms with E-state index in [0.717, 1.165) is 11.1 Å². The van der Waals surface area contributed by atoms with Crippen LogP contribution in [0.15, 0.2) is 72.5 Å². The Morgan fingerprint density at radius 1 is 1.03 bits per heavy atom. The van der Waals surface area contributed by atoms with E-state index in [1.54, 1.807) is 24.3 Å². The molecule has 0 amide bonds. The normalized spacial score (nSPS) is 13.9. The van der Waals surface area contributed by atoms with Crippen molar-refractivity contribution in [3.63, 3.8) is 0 Å². The molecule has 5 heteroatoms. The summed E-state index contributed by atoms with van der Waals surface area (Å²) in [5, 5.41) is 0. The molecule has 1 aliphatic heterocycles. The van der Waals surface area contributed by atoms with Gasteiger partial charge in [0.2, 0.25) is 5.78 Å². The van der Waals surface area contributed by atoms with Crippen LogP contribution in [0, 0.1) is 12.7 Å². The van der Waals surface area contributed by atoms with Gasteiger partial charge >= 0.3 is 0 Å². The van der Waals surface area contributed by atoms with Gasteiger partial charge in [-0.3, -0.25) is 9.59 Å². The van der Waals surface area contributed by atoms with Crippen LogP contribution in [0.4, 0.5) is 4.39 Å². The molecule has 0 aromatic heterocycles. The molecule has 0 spiro atoms. The molecule has 0 N–H and O–H groups in total. The van der Waals surface area contributed by atoms with E-state index in [-0.39, 0.29) is 23.9 Å². The highest BCUT2D eigenvalue weighted by atomic mass is 19.1. The topological polar surface area (TPSA) is 52.6 Å². The Kier molecular flexibility index (Phi) is 4.96. The number of allylic oxidation sites excluding steroid dienone is 1. The highest BCUT2D eigenvalue weighted by Gasteiger charge is 2.27. The number of Topliss-reactive ketones (excluding diaryl/α,β-unsaturated/α-hetero) is 2. The third-order valence-electron chi connectivity index (χ3n) is 4.55. The summed E-state index contributed by atoms with van der Waals surface area (Å²) >= 11 is 0. The molecule has 0 saturated heterocycles. The van der Waals surface area contributed by atoms with Gasteiger partial charge in [0.1, 0.15) is 17.3 Å². The van der Waals surface area contributed by atoms with Gasteiger partial charge in [0, 0.05) is 11.6 Å². The molecular formula is C24H17FO4. The SMILES string of the molecule is Cc1ccc(C=C2Oc3cc(OCC(=O)c4ccc(F)cc4)ccc3C2=O)cc1. The second-order valence-electron chi connectivity index (χ2n) is 6.73. The van der Waals surface area contributed by atoms with Gasteiger partial charge in [-0.2, -0.15) is 0 Å². The van der Waals surface area contributed by atoms with Crippen molar-refractivity contribution in [2.45, 2.75) is 6.92 Å². The van der Waals surface area contributed by atoms with Gasteiger partial charge < -0.3 is 9.47 Å². The maximum Gasteiger partial charge on any atom is 0.231 e. The number of carbonyl (C=O) groups excluding carboxylic acids is 2. The van der Waals surface area contributed by atoms with Crippen molar-refractivity contribution in [1.29, 1.82) is 0 Å². The lowest BCUT2D eigenvalue weighted by Crippen LogP contribution is -2.11. The second-order valence-corrected chi connectivity index (χ2v) is 6.73. The molecule has 0 saturated carbocycles. The zero-order valence-electron chi connectivity index (χ0n) is 15.6. The van der Waals surface area contributed by atoms with Crippen LogP contribution < -0.4 is 9.47 Å². The van der Waals surface area contributed by atoms with Crippen molar-refractivity contribution in [3.05, 3.63) is 101 Å². The molecule has 29 heavy (non-hydrogen) atoms. The van der Waals surface area contributed by atoms with Crippen LogP contribution in [0.3, 0.4) is 0 Å². The van der Waals surface area contributed by atoms with E-state index in [4.69, 9.17) is 9.47 Å². The maximum absolute atomic E-state index is 13.0. The average Bonchev–Trinajstić information content (AvgIpc) is 3.03. The summed E-state index contributed by atoms with van der Waals surface area (Å²) in [6, 6.07) is 17.8. The fraction of sp³-hybridized carbons (Fsp3) is 0.0833. The predicted octanol–water partition coefficient (Wildman–Crippen LogP) is 5.01. The number of hydrogen-bond acceptors (Lipinski definition) is 4. The summed E-state index contributed by atoms with van der Waals surface area (Å²) < 4.78 is 24.2. The van der Waals surface area contributed by atoms with Gasteiger partial charge in [0.25, 0.3) is 0 Å². The minimum absolute atomic E-state index is 0.200. The first kappa shape index (κ1) is 18.6. The number of hydrogen-bond donors (Lipinski definition) is 0. The molecule has 0 unspecified atom stereocenters. The van der Waals surface area contributed by atoms with Gasteiger partial charge in [0.05, 0.1) is 5.56 Å². The second kappa shape index (κ2) is 7.72. The van der Waals surface area contributed by atoms with E-state index in [2.05, 4.69) is 0 Å². The number of carbonyl (C=O) groups is 2. The number of rotatable bonds is 5. The number of aryl methyl sites for hydroxylation is 1. The summed E-state index contributed by atoms with van der Waals surface area (Å²) in [7, 11) is 0. The van der Waals surface area contributed by atoms with E-state index in [0.29, 0.717) is 22.6 Å². The third-order valence-corrected chi connectivity index (χ3v) is 4.55. The lowest BCUT2D eigenvalue weighted by atomic mass is 10.1. The smallest absolute Gasteiger partial charge is 0.231 e. The minimum Gasteiger partial charge on any atom is -0.485 e. The van der Waals surface area contributed by atoms with Crippen LogP contribution in [-0.4, -0.2) is 18.2 Å². The van der Waals surface area contributed by atoms with Crippen molar-refractivity contribution >= 4 is 17.6 Å². The largest absolute Gasteiger partial charge is 0.485 e. The molecule has 4 nitrogen and oxygen atoms in total. The maximum atomic E-state index is 13.0. The molecule has 0 radical (unpaired) electrons. The standard InChI is InChI=1S/C24H17FO4/c1-15-2-4-16(5-3-15)12-23-24(27)20-11-10-19(13-22(20)29-23)28-14-21(26)17-6-8-18(25)9-7-17/h2-13H,14H2,1H3. The zero-order chi connectivity index (χ0) is 20.4. The molecule has 1 heterocycles. The molecule has 3 aromatic carbocycles.